The van der Waals surface area contributed by atoms with E-state index in [-0.39, 0.29) is 19.5 Å². The summed E-state index contributed by atoms with van der Waals surface area (Å²) in [5.41, 5.74) is 9.06. The Morgan fingerprint density at radius 2 is 1.95 bits per heavy atom. The minimum Gasteiger partial charge on any atom is -0.396 e. The number of nitrogens with two attached hydrogens (primary N) is 2. The molecule has 1 aliphatic heterocycles. The molecule has 116 valence electrons. The number of amides is 1. The molecular formula is C12H15F2N3O3S. The molecule has 1 atom stereocenters. The molecular weight excluding hydrogens is 304 g/mol. The van der Waals surface area contributed by atoms with E-state index in [9.17, 15) is 22.0 Å². The Kier molecular flexibility index (Phi) is 3.66. The first-order valence-corrected chi connectivity index (χ1v) is 7.56. The lowest BCUT2D eigenvalue weighted by Crippen LogP contribution is -2.38. The molecule has 6 nitrogen and oxygen atoms in total. The number of hydrogen-bond donors (Lipinski definition) is 2. The van der Waals surface area contributed by atoms with E-state index in [1.165, 1.54) is 0 Å². The Balaban J connectivity index is 2.41. The van der Waals surface area contributed by atoms with Gasteiger partial charge in [-0.15, -0.1) is 0 Å². The smallest absolute Gasteiger partial charge is 0.246 e. The van der Waals surface area contributed by atoms with Gasteiger partial charge in [0.05, 0.1) is 11.1 Å². The van der Waals surface area contributed by atoms with Crippen molar-refractivity contribution in [3.8, 4) is 0 Å². The molecule has 0 saturated carbocycles. The number of benzene rings is 1. The number of nitrogens with zero attached hydrogens (tertiary/aromatic N) is 1. The summed E-state index contributed by atoms with van der Waals surface area (Å²) in [6, 6.07) is 1.16. The lowest BCUT2D eigenvalue weighted by Gasteiger charge is -2.21. The van der Waals surface area contributed by atoms with Crippen LogP contribution in [0.5, 0.6) is 0 Å². The Labute approximate surface area is 120 Å². The number of primary amides is 1. The lowest BCUT2D eigenvalue weighted by atomic mass is 9.89. The molecule has 1 heterocycles. The fourth-order valence-corrected chi connectivity index (χ4v) is 3.85. The highest BCUT2D eigenvalue weighted by atomic mass is 32.2. The molecule has 21 heavy (non-hydrogen) atoms. The molecule has 0 spiro atoms. The molecule has 1 unspecified atom stereocenters. The first-order chi connectivity index (χ1) is 9.58. The molecule has 4 N–H and O–H groups in total. The van der Waals surface area contributed by atoms with Crippen molar-refractivity contribution in [3.63, 3.8) is 0 Å². The van der Waals surface area contributed by atoms with Gasteiger partial charge in [0.2, 0.25) is 15.9 Å². The second kappa shape index (κ2) is 4.92. The second-order valence-electron chi connectivity index (χ2n) is 5.32. The van der Waals surface area contributed by atoms with E-state index >= 15 is 0 Å². The second-order valence-corrected chi connectivity index (χ2v) is 7.22. The van der Waals surface area contributed by atoms with Crippen LogP contribution in [0.3, 0.4) is 0 Å². The summed E-state index contributed by atoms with van der Waals surface area (Å²) in [5.74, 6) is -2.89. The fourth-order valence-electron chi connectivity index (χ4n) is 2.21. The number of rotatable bonds is 3. The van der Waals surface area contributed by atoms with E-state index in [4.69, 9.17) is 11.5 Å². The third-order valence-corrected chi connectivity index (χ3v) is 5.56. The first kappa shape index (κ1) is 15.6. The molecule has 0 radical (unpaired) electrons. The van der Waals surface area contributed by atoms with Crippen molar-refractivity contribution in [2.45, 2.75) is 18.2 Å². The van der Waals surface area contributed by atoms with Gasteiger partial charge in [-0.2, -0.15) is 4.31 Å². The number of anilines is 1. The van der Waals surface area contributed by atoms with E-state index in [2.05, 4.69) is 0 Å². The summed E-state index contributed by atoms with van der Waals surface area (Å²) in [6.45, 7) is 1.42. The van der Waals surface area contributed by atoms with Crippen molar-refractivity contribution in [1.82, 2.24) is 4.31 Å². The highest BCUT2D eigenvalue weighted by Crippen LogP contribution is 2.34. The standard InChI is InChI=1S/C12H15F2N3O3S/c1-12(11(16)18)2-3-17(6-12)21(19,20)10-5-9(15)7(13)4-8(10)14/h4-5H,2-3,6,15H2,1H3,(H2,16,18). The molecule has 2 rings (SSSR count). The average molecular weight is 319 g/mol. The Morgan fingerprint density at radius 1 is 1.33 bits per heavy atom. The maximum absolute atomic E-state index is 13.7. The fraction of sp³-hybridized carbons (Fsp3) is 0.417. The Morgan fingerprint density at radius 3 is 2.48 bits per heavy atom. The predicted octanol–water partition coefficient (Wildman–Crippen LogP) is 0.433. The summed E-state index contributed by atoms with van der Waals surface area (Å²) >= 11 is 0. The number of carbonyl (C=O) groups is 1. The van der Waals surface area contributed by atoms with Crippen molar-refractivity contribution in [2.24, 2.45) is 11.1 Å². The van der Waals surface area contributed by atoms with E-state index in [1.54, 1.807) is 6.92 Å². The Hall–Kier alpha value is -1.74. The van der Waals surface area contributed by atoms with E-state index in [1.807, 2.05) is 0 Å². The van der Waals surface area contributed by atoms with Gasteiger partial charge in [-0.05, 0) is 19.4 Å². The molecule has 0 aliphatic carbocycles. The van der Waals surface area contributed by atoms with Crippen molar-refractivity contribution in [1.29, 1.82) is 0 Å². The van der Waals surface area contributed by atoms with Crippen molar-refractivity contribution in [2.75, 3.05) is 18.8 Å². The summed E-state index contributed by atoms with van der Waals surface area (Å²) in [7, 11) is -4.21. The third kappa shape index (κ3) is 2.58. The predicted molar refractivity (Wildman–Crippen MR) is 71.4 cm³/mol. The summed E-state index contributed by atoms with van der Waals surface area (Å²) in [6.07, 6.45) is 0.236. The monoisotopic (exact) mass is 319 g/mol. The van der Waals surface area contributed by atoms with Gasteiger partial charge < -0.3 is 11.5 Å². The highest BCUT2D eigenvalue weighted by Gasteiger charge is 2.44. The summed E-state index contributed by atoms with van der Waals surface area (Å²) in [5, 5.41) is 0. The third-order valence-electron chi connectivity index (χ3n) is 3.70. The van der Waals surface area contributed by atoms with E-state index in [0.717, 1.165) is 10.4 Å². The molecule has 1 fully saturated rings. The molecule has 1 aromatic rings. The van der Waals surface area contributed by atoms with Crippen LogP contribution in [0.1, 0.15) is 13.3 Å². The van der Waals surface area contributed by atoms with Crippen molar-refractivity contribution < 1.29 is 22.0 Å². The Bertz CT molecular complexity index is 708. The maximum atomic E-state index is 13.7. The normalized spacial score (nSPS) is 23.4. The summed E-state index contributed by atoms with van der Waals surface area (Å²) in [4.78, 5) is 10.6. The zero-order chi connectivity index (χ0) is 16.0. The largest absolute Gasteiger partial charge is 0.396 e. The molecule has 0 bridgehead atoms. The van der Waals surface area contributed by atoms with Gasteiger partial charge in [0.1, 0.15) is 16.5 Å². The van der Waals surface area contributed by atoms with Crippen LogP contribution < -0.4 is 11.5 Å². The van der Waals surface area contributed by atoms with Gasteiger partial charge in [0.15, 0.2) is 0 Å². The number of halogens is 2. The zero-order valence-corrected chi connectivity index (χ0v) is 12.1. The van der Waals surface area contributed by atoms with Crippen molar-refractivity contribution in [3.05, 3.63) is 23.8 Å². The minimum atomic E-state index is -4.21. The van der Waals surface area contributed by atoms with Crippen molar-refractivity contribution >= 4 is 21.6 Å². The molecule has 1 saturated heterocycles. The van der Waals surface area contributed by atoms with Gasteiger partial charge in [-0.1, -0.05) is 0 Å². The lowest BCUT2D eigenvalue weighted by molar-refractivity contribution is -0.126. The van der Waals surface area contributed by atoms with Gasteiger partial charge in [-0.3, -0.25) is 4.79 Å². The number of hydrogen-bond acceptors (Lipinski definition) is 4. The van der Waals surface area contributed by atoms with Gasteiger partial charge in [0.25, 0.3) is 0 Å². The van der Waals surface area contributed by atoms with Gasteiger partial charge in [-0.25, -0.2) is 17.2 Å². The van der Waals surface area contributed by atoms with Crippen LogP contribution in [0.4, 0.5) is 14.5 Å². The van der Waals surface area contributed by atoms with Crippen LogP contribution in [-0.2, 0) is 14.8 Å². The number of nitrogen functional groups attached to an aromatic ring is 1. The van der Waals surface area contributed by atoms with E-state index in [0.29, 0.717) is 6.07 Å². The highest BCUT2D eigenvalue weighted by molar-refractivity contribution is 7.89. The molecule has 1 aliphatic rings. The number of carbonyl (C=O) groups excluding carboxylic acids is 1. The van der Waals surface area contributed by atoms with Gasteiger partial charge in [0, 0.05) is 19.2 Å². The quantitative estimate of drug-likeness (QED) is 0.788. The summed E-state index contributed by atoms with van der Waals surface area (Å²) < 4.78 is 52.6. The van der Waals surface area contributed by atoms with Gasteiger partial charge >= 0.3 is 0 Å². The van der Waals surface area contributed by atoms with Crippen LogP contribution >= 0.6 is 0 Å². The van der Waals surface area contributed by atoms with Crippen LogP contribution in [-0.4, -0.2) is 31.7 Å². The van der Waals surface area contributed by atoms with Crippen LogP contribution in [0.15, 0.2) is 17.0 Å². The maximum Gasteiger partial charge on any atom is 0.246 e. The number of sulfonamides is 1. The molecule has 9 heteroatoms. The van der Waals surface area contributed by atoms with E-state index < -0.39 is 43.6 Å². The first-order valence-electron chi connectivity index (χ1n) is 6.12. The minimum absolute atomic E-state index is 0.0263. The van der Waals surface area contributed by atoms with Crippen LogP contribution in [0.25, 0.3) is 0 Å². The SMILES string of the molecule is CC1(C(N)=O)CCN(S(=O)(=O)c2cc(N)c(F)cc2F)C1. The average Bonchev–Trinajstić information content (AvgIpc) is 2.78. The van der Waals surface area contributed by atoms with Crippen LogP contribution in [0, 0.1) is 17.0 Å². The molecule has 1 aromatic carbocycles. The molecule has 1 amide bonds. The molecule has 0 aromatic heterocycles. The zero-order valence-electron chi connectivity index (χ0n) is 11.3. The topological polar surface area (TPSA) is 106 Å². The van der Waals surface area contributed by atoms with Crippen LogP contribution in [0.2, 0.25) is 0 Å².